The number of likely N-dealkylation sites (tertiary alicyclic amines) is 1. The summed E-state index contributed by atoms with van der Waals surface area (Å²) in [5, 5.41) is 0. The van der Waals surface area contributed by atoms with Crippen LogP contribution in [0.4, 0.5) is 4.79 Å². The van der Waals surface area contributed by atoms with Gasteiger partial charge in [-0.05, 0) is 26.3 Å². The van der Waals surface area contributed by atoms with E-state index in [9.17, 15) is 9.59 Å². The van der Waals surface area contributed by atoms with Gasteiger partial charge < -0.3 is 9.47 Å². The van der Waals surface area contributed by atoms with Crippen LogP contribution >= 0.6 is 0 Å². The van der Waals surface area contributed by atoms with Crippen LogP contribution in [0.5, 0.6) is 0 Å². The van der Waals surface area contributed by atoms with Crippen molar-refractivity contribution in [3.63, 3.8) is 0 Å². The highest BCUT2D eigenvalue weighted by molar-refractivity contribution is 5.86. The number of hydrogen-bond donors (Lipinski definition) is 2. The Morgan fingerprint density at radius 2 is 1.96 bits per heavy atom. The number of nitrogens with zero attached hydrogens (tertiary/aromatic N) is 1. The maximum absolute atomic E-state index is 12.3. The van der Waals surface area contributed by atoms with Gasteiger partial charge in [0, 0.05) is 6.42 Å². The van der Waals surface area contributed by atoms with E-state index in [0.717, 1.165) is 5.56 Å². The van der Waals surface area contributed by atoms with Crippen LogP contribution in [0.3, 0.4) is 0 Å². The van der Waals surface area contributed by atoms with Gasteiger partial charge in [-0.3, -0.25) is 15.1 Å². The quantitative estimate of drug-likeness (QED) is 0.495. The molecule has 132 valence electrons. The first-order chi connectivity index (χ1) is 11.3. The molecule has 2 amide bonds. The first-order valence-electron chi connectivity index (χ1n) is 7.96. The topological polar surface area (TPSA) is 93.9 Å². The zero-order valence-corrected chi connectivity index (χ0v) is 14.3. The van der Waals surface area contributed by atoms with E-state index in [1.165, 1.54) is 4.90 Å². The Balaban J connectivity index is 2.01. The normalized spacial score (nSPS) is 20.8. The van der Waals surface area contributed by atoms with Crippen LogP contribution < -0.4 is 11.3 Å². The zero-order valence-electron chi connectivity index (χ0n) is 14.3. The van der Waals surface area contributed by atoms with Crippen molar-refractivity contribution in [3.05, 3.63) is 35.9 Å². The number of nitrogens with one attached hydrogen (secondary N) is 1. The number of rotatable bonds is 4. The molecular weight excluding hydrogens is 310 g/mol. The molecule has 0 bridgehead atoms. The summed E-state index contributed by atoms with van der Waals surface area (Å²) in [6.07, 6.45) is -0.406. The molecule has 1 aromatic carbocycles. The summed E-state index contributed by atoms with van der Waals surface area (Å²) in [5.41, 5.74) is 2.51. The lowest BCUT2D eigenvalue weighted by atomic mass is 10.2. The van der Waals surface area contributed by atoms with Gasteiger partial charge >= 0.3 is 6.09 Å². The minimum absolute atomic E-state index is 0.250. The number of hydrazine groups is 1. The molecule has 3 N–H and O–H groups in total. The molecule has 1 aromatic rings. The van der Waals surface area contributed by atoms with E-state index in [0.29, 0.717) is 19.6 Å². The third-order valence-corrected chi connectivity index (χ3v) is 3.66. The molecule has 0 spiro atoms. The third-order valence-electron chi connectivity index (χ3n) is 3.66. The molecule has 1 aliphatic heterocycles. The average molecular weight is 335 g/mol. The highest BCUT2D eigenvalue weighted by atomic mass is 16.6. The SMILES string of the molecule is CC(C)(C)OC(=O)N1CC(OCc2ccccc2)CC1C(=O)NN. The number of nitrogens with two attached hydrogens (primary N) is 1. The van der Waals surface area contributed by atoms with Crippen molar-refractivity contribution in [3.8, 4) is 0 Å². The molecule has 0 aromatic heterocycles. The number of ether oxygens (including phenoxy) is 2. The molecule has 2 unspecified atom stereocenters. The van der Waals surface area contributed by atoms with Crippen LogP contribution in [0.1, 0.15) is 32.8 Å². The van der Waals surface area contributed by atoms with Crippen molar-refractivity contribution in [2.45, 2.75) is 51.5 Å². The Hall–Kier alpha value is -2.12. The van der Waals surface area contributed by atoms with E-state index in [4.69, 9.17) is 15.3 Å². The van der Waals surface area contributed by atoms with Crippen molar-refractivity contribution in [1.82, 2.24) is 10.3 Å². The van der Waals surface area contributed by atoms with Crippen LogP contribution in [0.15, 0.2) is 30.3 Å². The molecule has 2 atom stereocenters. The lowest BCUT2D eigenvalue weighted by Crippen LogP contribution is -2.49. The number of hydrogen-bond acceptors (Lipinski definition) is 5. The van der Waals surface area contributed by atoms with Gasteiger partial charge in [0.05, 0.1) is 19.3 Å². The third kappa shape index (κ3) is 4.94. The maximum Gasteiger partial charge on any atom is 0.411 e. The molecule has 1 fully saturated rings. The van der Waals surface area contributed by atoms with E-state index in [1.54, 1.807) is 20.8 Å². The van der Waals surface area contributed by atoms with E-state index in [-0.39, 0.29) is 6.10 Å². The summed E-state index contributed by atoms with van der Waals surface area (Å²) in [6, 6.07) is 9.04. The first-order valence-corrected chi connectivity index (χ1v) is 7.96. The molecule has 0 radical (unpaired) electrons. The Bertz CT molecular complexity index is 571. The van der Waals surface area contributed by atoms with Crippen molar-refractivity contribution < 1.29 is 19.1 Å². The van der Waals surface area contributed by atoms with Gasteiger partial charge in [0.2, 0.25) is 0 Å². The van der Waals surface area contributed by atoms with Gasteiger partial charge in [-0.1, -0.05) is 30.3 Å². The van der Waals surface area contributed by atoms with E-state index >= 15 is 0 Å². The number of amides is 2. The first kappa shape index (κ1) is 18.2. The average Bonchev–Trinajstić information content (AvgIpc) is 2.96. The standard InChI is InChI=1S/C17H25N3O4/c1-17(2,3)24-16(22)20-10-13(9-14(20)15(21)19-18)23-11-12-7-5-4-6-8-12/h4-8,13-14H,9-11,18H2,1-3H3,(H,19,21). The predicted octanol–water partition coefficient (Wildman–Crippen LogP) is 1.57. The Kier molecular flexibility index (Phi) is 5.80. The fraction of sp³-hybridized carbons (Fsp3) is 0.529. The van der Waals surface area contributed by atoms with Crippen molar-refractivity contribution in [2.24, 2.45) is 5.84 Å². The zero-order chi connectivity index (χ0) is 17.7. The fourth-order valence-electron chi connectivity index (χ4n) is 2.57. The summed E-state index contributed by atoms with van der Waals surface area (Å²) in [5.74, 6) is 4.81. The van der Waals surface area contributed by atoms with Gasteiger partial charge in [0.15, 0.2) is 0 Å². The predicted molar refractivity (Wildman–Crippen MR) is 88.7 cm³/mol. The molecule has 0 aliphatic carbocycles. The van der Waals surface area contributed by atoms with Crippen LogP contribution in [0, 0.1) is 0 Å². The molecule has 2 rings (SSSR count). The van der Waals surface area contributed by atoms with Crippen molar-refractivity contribution >= 4 is 12.0 Å². The van der Waals surface area contributed by atoms with Crippen LogP contribution in [0.2, 0.25) is 0 Å². The molecule has 1 aliphatic rings. The Labute approximate surface area is 142 Å². The van der Waals surface area contributed by atoms with Gasteiger partial charge in [-0.2, -0.15) is 0 Å². The van der Waals surface area contributed by atoms with Crippen molar-refractivity contribution in [1.29, 1.82) is 0 Å². The number of carbonyl (C=O) groups excluding carboxylic acids is 2. The molecule has 7 nitrogen and oxygen atoms in total. The highest BCUT2D eigenvalue weighted by Crippen LogP contribution is 2.24. The van der Waals surface area contributed by atoms with E-state index < -0.39 is 23.6 Å². The van der Waals surface area contributed by atoms with E-state index in [1.807, 2.05) is 30.3 Å². The summed E-state index contributed by atoms with van der Waals surface area (Å²) in [4.78, 5) is 25.7. The Morgan fingerprint density at radius 1 is 1.29 bits per heavy atom. The fourth-order valence-corrected chi connectivity index (χ4v) is 2.57. The monoisotopic (exact) mass is 335 g/mol. The van der Waals surface area contributed by atoms with Crippen LogP contribution in [-0.4, -0.2) is 41.2 Å². The molecule has 7 heteroatoms. The number of carbonyl (C=O) groups is 2. The van der Waals surface area contributed by atoms with Gasteiger partial charge in [0.1, 0.15) is 11.6 Å². The molecule has 1 heterocycles. The van der Waals surface area contributed by atoms with E-state index in [2.05, 4.69) is 5.43 Å². The van der Waals surface area contributed by atoms with Gasteiger partial charge in [-0.15, -0.1) is 0 Å². The van der Waals surface area contributed by atoms with Gasteiger partial charge in [0.25, 0.3) is 5.91 Å². The molecular formula is C17H25N3O4. The minimum atomic E-state index is -0.689. The lowest BCUT2D eigenvalue weighted by molar-refractivity contribution is -0.125. The maximum atomic E-state index is 12.3. The van der Waals surface area contributed by atoms with Crippen LogP contribution in [0.25, 0.3) is 0 Å². The molecule has 1 saturated heterocycles. The summed E-state index contributed by atoms with van der Waals surface area (Å²) >= 11 is 0. The second-order valence-electron chi connectivity index (χ2n) is 6.81. The van der Waals surface area contributed by atoms with Crippen molar-refractivity contribution in [2.75, 3.05) is 6.54 Å². The van der Waals surface area contributed by atoms with Crippen LogP contribution in [-0.2, 0) is 20.9 Å². The Morgan fingerprint density at radius 3 is 2.54 bits per heavy atom. The summed E-state index contributed by atoms with van der Waals surface area (Å²) in [6.45, 7) is 6.05. The largest absolute Gasteiger partial charge is 0.444 e. The lowest BCUT2D eigenvalue weighted by Gasteiger charge is -2.27. The highest BCUT2D eigenvalue weighted by Gasteiger charge is 2.41. The number of benzene rings is 1. The molecule has 24 heavy (non-hydrogen) atoms. The summed E-state index contributed by atoms with van der Waals surface area (Å²) < 4.78 is 11.2. The molecule has 0 saturated carbocycles. The summed E-state index contributed by atoms with van der Waals surface area (Å²) in [7, 11) is 0. The second-order valence-corrected chi connectivity index (χ2v) is 6.81. The minimum Gasteiger partial charge on any atom is -0.444 e. The smallest absolute Gasteiger partial charge is 0.411 e. The second kappa shape index (κ2) is 7.63. The van der Waals surface area contributed by atoms with Gasteiger partial charge in [-0.25, -0.2) is 10.6 Å².